The summed E-state index contributed by atoms with van der Waals surface area (Å²) in [6, 6.07) is 20.0. The second-order valence-electron chi connectivity index (χ2n) is 14.9. The molecule has 0 aliphatic heterocycles. The predicted molar refractivity (Wildman–Crippen MR) is 208 cm³/mol. The fraction of sp³-hybridized carbons (Fsp3) is 0.545. The van der Waals surface area contributed by atoms with Crippen LogP contribution in [0.2, 0.25) is 0 Å². The molecule has 3 N–H and O–H groups in total. The number of aryl methyl sites for hydroxylation is 6. The third-order valence-electron chi connectivity index (χ3n) is 11.1. The standard InChI is InChI=1S/C44H62O3P/c1-7-13-31-23-33(15-9-3)40-29-42(35(17-11-5)27-37(40)25-31)44(21-19-39(20-22-44)48(45,46)47)43-30-41-34(16-10-4)24-32(14-8-2)26-38(41)28-36(43)18-12-6/h23-30,39,45-47H,7-22H2,1-6H3/q+1. The first kappa shape index (κ1) is 37.0. The molecule has 0 radical (unpaired) electrons. The molecule has 0 amide bonds. The van der Waals surface area contributed by atoms with Gasteiger partial charge in [0.05, 0.1) is 0 Å². The Bertz CT molecular complexity index is 1580. The van der Waals surface area contributed by atoms with Gasteiger partial charge in [-0.25, -0.2) is 0 Å². The summed E-state index contributed by atoms with van der Waals surface area (Å²) >= 11 is 0. The maximum atomic E-state index is 10.5. The third-order valence-corrected chi connectivity index (χ3v) is 12.6. The molecule has 48 heavy (non-hydrogen) atoms. The van der Waals surface area contributed by atoms with Crippen molar-refractivity contribution in [3.8, 4) is 0 Å². The van der Waals surface area contributed by atoms with Gasteiger partial charge in [0.15, 0.2) is 5.66 Å². The summed E-state index contributed by atoms with van der Waals surface area (Å²) in [5.74, 6) is 0. The zero-order chi connectivity index (χ0) is 34.5. The number of hydrogen-bond donors (Lipinski definition) is 3. The SMILES string of the molecule is CCCc1cc(CCC)c2cc(C3(c4cc5c(CCC)cc(CCC)cc5cc4CCC)CCC([P+](O)(O)O)CC3)c(CCC)cc2c1. The van der Waals surface area contributed by atoms with Crippen molar-refractivity contribution >= 4 is 29.5 Å². The molecule has 4 aromatic rings. The molecule has 0 spiro atoms. The van der Waals surface area contributed by atoms with Crippen LogP contribution in [0, 0.1) is 0 Å². The van der Waals surface area contributed by atoms with E-state index in [1.165, 1.54) is 66.1 Å². The lowest BCUT2D eigenvalue weighted by molar-refractivity contribution is 0.270. The van der Waals surface area contributed by atoms with Crippen LogP contribution in [-0.2, 0) is 43.9 Å². The molecule has 0 atom stereocenters. The number of hydrogen-bond acceptors (Lipinski definition) is 3. The molecule has 0 saturated heterocycles. The molecule has 0 bridgehead atoms. The molecular formula is C44H62O3P+. The lowest BCUT2D eigenvalue weighted by atomic mass is 9.62. The van der Waals surface area contributed by atoms with E-state index >= 15 is 0 Å². The van der Waals surface area contributed by atoms with Crippen molar-refractivity contribution in [2.45, 2.75) is 155 Å². The largest absolute Gasteiger partial charge is 0.406 e. The fourth-order valence-electron chi connectivity index (χ4n) is 9.00. The van der Waals surface area contributed by atoms with Crippen molar-refractivity contribution in [3.05, 3.63) is 93.0 Å². The average Bonchev–Trinajstić information content (AvgIpc) is 3.05. The Labute approximate surface area is 291 Å². The van der Waals surface area contributed by atoms with Crippen LogP contribution in [0.15, 0.2) is 48.5 Å². The summed E-state index contributed by atoms with van der Waals surface area (Å²) in [5, 5.41) is 5.50. The van der Waals surface area contributed by atoms with Gasteiger partial charge in [-0.1, -0.05) is 116 Å². The average molecular weight is 670 g/mol. The van der Waals surface area contributed by atoms with Crippen LogP contribution < -0.4 is 0 Å². The third kappa shape index (κ3) is 7.71. The molecule has 3 nitrogen and oxygen atoms in total. The van der Waals surface area contributed by atoms with E-state index in [2.05, 4.69) is 90.1 Å². The van der Waals surface area contributed by atoms with E-state index in [4.69, 9.17) is 0 Å². The van der Waals surface area contributed by atoms with Crippen molar-refractivity contribution in [3.63, 3.8) is 0 Å². The Morgan fingerprint density at radius 3 is 1.23 bits per heavy atom. The number of rotatable bonds is 15. The Balaban J connectivity index is 1.85. The van der Waals surface area contributed by atoms with Crippen molar-refractivity contribution in [2.75, 3.05) is 0 Å². The summed E-state index contributed by atoms with van der Waals surface area (Å²) in [6.07, 6.45) is 15.9. The summed E-state index contributed by atoms with van der Waals surface area (Å²) < 4.78 is 0. The monoisotopic (exact) mass is 669 g/mol. The molecule has 0 unspecified atom stereocenters. The van der Waals surface area contributed by atoms with E-state index in [-0.39, 0.29) is 5.41 Å². The molecule has 1 aliphatic rings. The maximum absolute atomic E-state index is 10.5. The normalized spacial score (nSPS) is 15.5. The van der Waals surface area contributed by atoms with Crippen molar-refractivity contribution in [2.24, 2.45) is 0 Å². The van der Waals surface area contributed by atoms with Gasteiger partial charge in [-0.15, -0.1) is 0 Å². The summed E-state index contributed by atoms with van der Waals surface area (Å²) in [5.41, 5.74) is 10.8. The van der Waals surface area contributed by atoms with Gasteiger partial charge in [-0.05, 0) is 142 Å². The minimum absolute atomic E-state index is 0.264. The topological polar surface area (TPSA) is 60.7 Å². The van der Waals surface area contributed by atoms with Crippen LogP contribution >= 0.6 is 7.94 Å². The van der Waals surface area contributed by atoms with Crippen LogP contribution in [-0.4, -0.2) is 20.3 Å². The molecule has 0 aromatic heterocycles. The highest BCUT2D eigenvalue weighted by molar-refractivity contribution is 7.59. The summed E-state index contributed by atoms with van der Waals surface area (Å²) in [7, 11) is -3.92. The minimum atomic E-state index is -3.92. The first-order valence-electron chi connectivity index (χ1n) is 19.4. The van der Waals surface area contributed by atoms with Crippen LogP contribution in [0.4, 0.5) is 0 Å². The first-order valence-corrected chi connectivity index (χ1v) is 21.1. The molecule has 0 heterocycles. The van der Waals surface area contributed by atoms with Gasteiger partial charge < -0.3 is 0 Å². The quantitative estimate of drug-likeness (QED) is 0.110. The predicted octanol–water partition coefficient (Wildman–Crippen LogP) is 11.7. The van der Waals surface area contributed by atoms with Gasteiger partial charge in [0.1, 0.15) is 0 Å². The van der Waals surface area contributed by atoms with Gasteiger partial charge in [-0.3, -0.25) is 0 Å². The van der Waals surface area contributed by atoms with Gasteiger partial charge >= 0.3 is 7.94 Å². The molecule has 260 valence electrons. The van der Waals surface area contributed by atoms with Crippen molar-refractivity contribution < 1.29 is 14.7 Å². The molecule has 1 aliphatic carbocycles. The molecule has 1 fully saturated rings. The van der Waals surface area contributed by atoms with Gasteiger partial charge in [0, 0.05) is 5.41 Å². The van der Waals surface area contributed by atoms with E-state index in [0.717, 1.165) is 89.9 Å². The van der Waals surface area contributed by atoms with Gasteiger partial charge in [0.2, 0.25) is 0 Å². The first-order chi connectivity index (χ1) is 23.1. The maximum Gasteiger partial charge on any atom is 0.406 e. The zero-order valence-corrected chi connectivity index (χ0v) is 31.7. The Kier molecular flexibility index (Phi) is 12.4. The second kappa shape index (κ2) is 16.2. The molecule has 1 saturated carbocycles. The van der Waals surface area contributed by atoms with Crippen LogP contribution in [0.25, 0.3) is 21.5 Å². The minimum Gasteiger partial charge on any atom is -0.193 e. The van der Waals surface area contributed by atoms with E-state index in [1.807, 2.05) is 0 Å². The van der Waals surface area contributed by atoms with Gasteiger partial charge in [-0.2, -0.15) is 14.7 Å². The summed E-state index contributed by atoms with van der Waals surface area (Å²) in [6.45, 7) is 13.7. The molecular weight excluding hydrogens is 607 g/mol. The van der Waals surface area contributed by atoms with Crippen molar-refractivity contribution in [1.29, 1.82) is 0 Å². The smallest absolute Gasteiger partial charge is 0.193 e. The molecule has 4 heteroatoms. The second-order valence-corrected chi connectivity index (χ2v) is 16.9. The van der Waals surface area contributed by atoms with Gasteiger partial charge in [0.25, 0.3) is 0 Å². The van der Waals surface area contributed by atoms with Crippen LogP contribution in [0.5, 0.6) is 0 Å². The van der Waals surface area contributed by atoms with Crippen LogP contribution in [0.3, 0.4) is 0 Å². The van der Waals surface area contributed by atoms with E-state index in [9.17, 15) is 14.7 Å². The highest BCUT2D eigenvalue weighted by atomic mass is 31.2. The lowest BCUT2D eigenvalue weighted by Crippen LogP contribution is -2.37. The van der Waals surface area contributed by atoms with Crippen LogP contribution in [0.1, 0.15) is 150 Å². The Morgan fingerprint density at radius 1 is 0.500 bits per heavy atom. The number of benzene rings is 4. The van der Waals surface area contributed by atoms with E-state index in [1.54, 1.807) is 0 Å². The zero-order valence-electron chi connectivity index (χ0n) is 30.8. The molecule has 4 aromatic carbocycles. The molecule has 5 rings (SSSR count). The van der Waals surface area contributed by atoms with E-state index in [0.29, 0.717) is 12.8 Å². The Hall–Kier alpha value is -2.29. The highest BCUT2D eigenvalue weighted by Crippen LogP contribution is 2.60. The van der Waals surface area contributed by atoms with Crippen molar-refractivity contribution in [1.82, 2.24) is 0 Å². The fourth-order valence-corrected chi connectivity index (χ4v) is 9.95. The Morgan fingerprint density at radius 2 is 0.875 bits per heavy atom. The summed E-state index contributed by atoms with van der Waals surface area (Å²) in [4.78, 5) is 31.4. The highest BCUT2D eigenvalue weighted by Gasteiger charge is 2.50. The number of fused-ring (bicyclic) bond motifs is 2. The lowest BCUT2D eigenvalue weighted by Gasteiger charge is -2.43. The van der Waals surface area contributed by atoms with E-state index < -0.39 is 13.6 Å².